The van der Waals surface area contributed by atoms with Gasteiger partial charge in [0.05, 0.1) is 6.54 Å². The summed E-state index contributed by atoms with van der Waals surface area (Å²) >= 11 is 3.40. The predicted molar refractivity (Wildman–Crippen MR) is 124 cm³/mol. The van der Waals surface area contributed by atoms with E-state index in [0.29, 0.717) is 25.1 Å². The Balaban J connectivity index is 1.67. The number of carbonyl (C=O) groups is 3. The number of fused-ring (bicyclic) bond motifs is 1. The topological polar surface area (TPSA) is 78.5 Å². The van der Waals surface area contributed by atoms with Crippen molar-refractivity contribution in [3.05, 3.63) is 63.6 Å². The zero-order valence-electron chi connectivity index (χ0n) is 18.1. The van der Waals surface area contributed by atoms with Gasteiger partial charge in [-0.15, -0.1) is 0 Å². The maximum Gasteiger partial charge on any atom is 0.243 e. The predicted octanol–water partition coefficient (Wildman–Crippen LogP) is 3.81. The van der Waals surface area contributed by atoms with Crippen LogP contribution in [0, 0.1) is 12.8 Å². The average Bonchev–Trinajstić information content (AvgIpc) is 2.72. The van der Waals surface area contributed by atoms with E-state index in [-0.39, 0.29) is 30.2 Å². The van der Waals surface area contributed by atoms with Gasteiger partial charge in [-0.25, -0.2) is 0 Å². The molecule has 2 N–H and O–H groups in total. The first-order valence-electron chi connectivity index (χ1n) is 10.4. The van der Waals surface area contributed by atoms with Crippen LogP contribution in [0.1, 0.15) is 37.0 Å². The fourth-order valence-electron chi connectivity index (χ4n) is 3.73. The van der Waals surface area contributed by atoms with Crippen LogP contribution in [0.15, 0.2) is 46.9 Å². The molecule has 1 aliphatic heterocycles. The molecule has 0 bridgehead atoms. The molecular weight excluding hydrogens is 458 g/mol. The first kappa shape index (κ1) is 23.0. The molecule has 3 amide bonds. The van der Waals surface area contributed by atoms with Crippen LogP contribution < -0.4 is 10.6 Å². The Morgan fingerprint density at radius 1 is 1.13 bits per heavy atom. The fourth-order valence-corrected chi connectivity index (χ4v) is 4.21. The van der Waals surface area contributed by atoms with Crippen molar-refractivity contribution in [1.82, 2.24) is 10.2 Å². The maximum absolute atomic E-state index is 13.0. The SMILES string of the molecule is Cc1cc(Br)ccc1NC(=O)CNC(=O)C1Cc2ccccc2CN1C(=O)CC(C)C. The molecule has 2 aromatic rings. The summed E-state index contributed by atoms with van der Waals surface area (Å²) in [6.45, 7) is 6.12. The summed E-state index contributed by atoms with van der Waals surface area (Å²) < 4.78 is 0.931. The van der Waals surface area contributed by atoms with Crippen molar-refractivity contribution in [3.63, 3.8) is 0 Å². The lowest BCUT2D eigenvalue weighted by Gasteiger charge is -2.36. The second kappa shape index (κ2) is 10.1. The van der Waals surface area contributed by atoms with Crippen molar-refractivity contribution >= 4 is 39.3 Å². The van der Waals surface area contributed by atoms with E-state index in [9.17, 15) is 14.4 Å². The van der Waals surface area contributed by atoms with E-state index in [0.717, 1.165) is 21.2 Å². The number of halogens is 1. The quantitative estimate of drug-likeness (QED) is 0.652. The molecule has 0 fully saturated rings. The van der Waals surface area contributed by atoms with E-state index in [2.05, 4.69) is 26.6 Å². The highest BCUT2D eigenvalue weighted by molar-refractivity contribution is 9.10. The molecule has 0 radical (unpaired) electrons. The van der Waals surface area contributed by atoms with E-state index in [1.165, 1.54) is 0 Å². The lowest BCUT2D eigenvalue weighted by Crippen LogP contribution is -2.53. The smallest absolute Gasteiger partial charge is 0.243 e. The van der Waals surface area contributed by atoms with Gasteiger partial charge in [-0.05, 0) is 47.7 Å². The number of benzene rings is 2. The molecule has 0 saturated heterocycles. The molecule has 0 saturated carbocycles. The fraction of sp³-hybridized carbons (Fsp3) is 0.375. The van der Waals surface area contributed by atoms with Crippen molar-refractivity contribution in [2.45, 2.75) is 46.2 Å². The van der Waals surface area contributed by atoms with Gasteiger partial charge in [-0.2, -0.15) is 0 Å². The largest absolute Gasteiger partial charge is 0.345 e. The highest BCUT2D eigenvalue weighted by atomic mass is 79.9. The number of anilines is 1. The van der Waals surface area contributed by atoms with Gasteiger partial charge in [0.25, 0.3) is 0 Å². The highest BCUT2D eigenvalue weighted by Gasteiger charge is 2.34. The standard InChI is InChI=1S/C24H28BrN3O3/c1-15(2)10-23(30)28-14-18-7-5-4-6-17(18)12-21(28)24(31)26-13-22(29)27-20-9-8-19(25)11-16(20)3/h4-9,11,15,21H,10,12-14H2,1-3H3,(H,26,31)(H,27,29). The summed E-state index contributed by atoms with van der Waals surface area (Å²) in [4.78, 5) is 39.9. The second-order valence-electron chi connectivity index (χ2n) is 8.33. The number of hydrogen-bond donors (Lipinski definition) is 2. The maximum atomic E-state index is 13.0. The molecular formula is C24H28BrN3O3. The highest BCUT2D eigenvalue weighted by Crippen LogP contribution is 2.25. The number of nitrogens with one attached hydrogen (secondary N) is 2. The number of nitrogens with zero attached hydrogens (tertiary/aromatic N) is 1. The molecule has 1 heterocycles. The van der Waals surface area contributed by atoms with Crippen LogP contribution in [0.4, 0.5) is 5.69 Å². The lowest BCUT2D eigenvalue weighted by atomic mass is 9.92. The van der Waals surface area contributed by atoms with Gasteiger partial charge in [0.1, 0.15) is 6.04 Å². The van der Waals surface area contributed by atoms with E-state index in [1.807, 2.05) is 63.2 Å². The van der Waals surface area contributed by atoms with E-state index in [4.69, 9.17) is 0 Å². The van der Waals surface area contributed by atoms with Gasteiger partial charge in [0.15, 0.2) is 0 Å². The number of aryl methyl sites for hydroxylation is 1. The van der Waals surface area contributed by atoms with Crippen molar-refractivity contribution in [2.24, 2.45) is 5.92 Å². The van der Waals surface area contributed by atoms with Crippen LogP contribution in [0.25, 0.3) is 0 Å². The minimum Gasteiger partial charge on any atom is -0.345 e. The van der Waals surface area contributed by atoms with E-state index >= 15 is 0 Å². The summed E-state index contributed by atoms with van der Waals surface area (Å²) in [5.41, 5.74) is 3.74. The van der Waals surface area contributed by atoms with Crippen molar-refractivity contribution in [3.8, 4) is 0 Å². The molecule has 0 spiro atoms. The van der Waals surface area contributed by atoms with Crippen LogP contribution in [-0.4, -0.2) is 35.2 Å². The van der Waals surface area contributed by atoms with Crippen LogP contribution in [0.5, 0.6) is 0 Å². The summed E-state index contributed by atoms with van der Waals surface area (Å²) in [7, 11) is 0. The monoisotopic (exact) mass is 485 g/mol. The van der Waals surface area contributed by atoms with Gasteiger partial charge >= 0.3 is 0 Å². The van der Waals surface area contributed by atoms with Gasteiger partial charge in [-0.3, -0.25) is 14.4 Å². The zero-order chi connectivity index (χ0) is 22.5. The first-order valence-corrected chi connectivity index (χ1v) is 11.2. The molecule has 1 aliphatic rings. The molecule has 3 rings (SSSR count). The Morgan fingerprint density at radius 3 is 2.52 bits per heavy atom. The summed E-state index contributed by atoms with van der Waals surface area (Å²) in [5, 5.41) is 5.53. The van der Waals surface area contributed by atoms with E-state index < -0.39 is 6.04 Å². The third-order valence-corrected chi connectivity index (χ3v) is 5.83. The minimum absolute atomic E-state index is 0.0420. The normalized spacial score (nSPS) is 15.4. The summed E-state index contributed by atoms with van der Waals surface area (Å²) in [6, 6.07) is 12.8. The van der Waals surface area contributed by atoms with Crippen molar-refractivity contribution in [2.75, 3.05) is 11.9 Å². The first-order chi connectivity index (χ1) is 14.7. The number of amides is 3. The molecule has 2 aromatic carbocycles. The third kappa shape index (κ3) is 5.94. The molecule has 6 nitrogen and oxygen atoms in total. The Hall–Kier alpha value is -2.67. The Labute approximate surface area is 191 Å². The van der Waals surface area contributed by atoms with Crippen LogP contribution >= 0.6 is 15.9 Å². The van der Waals surface area contributed by atoms with Crippen LogP contribution in [0.3, 0.4) is 0 Å². The summed E-state index contributed by atoms with van der Waals surface area (Å²) in [6.07, 6.45) is 0.828. The number of rotatable bonds is 6. The number of carbonyl (C=O) groups excluding carboxylic acids is 3. The molecule has 7 heteroatoms. The van der Waals surface area contributed by atoms with Crippen LogP contribution in [-0.2, 0) is 27.3 Å². The number of hydrogen-bond acceptors (Lipinski definition) is 3. The van der Waals surface area contributed by atoms with Gasteiger partial charge in [-0.1, -0.05) is 54.0 Å². The Bertz CT molecular complexity index is 990. The molecule has 1 unspecified atom stereocenters. The molecule has 31 heavy (non-hydrogen) atoms. The Kier molecular flexibility index (Phi) is 7.49. The Morgan fingerprint density at radius 2 is 1.84 bits per heavy atom. The minimum atomic E-state index is -0.622. The zero-order valence-corrected chi connectivity index (χ0v) is 19.7. The molecule has 1 atom stereocenters. The van der Waals surface area contributed by atoms with Crippen molar-refractivity contribution in [1.29, 1.82) is 0 Å². The summed E-state index contributed by atoms with van der Waals surface area (Å²) in [5.74, 6) is -0.461. The second-order valence-corrected chi connectivity index (χ2v) is 9.25. The van der Waals surface area contributed by atoms with E-state index in [1.54, 1.807) is 4.90 Å². The molecule has 0 aromatic heterocycles. The molecule has 0 aliphatic carbocycles. The van der Waals surface area contributed by atoms with Gasteiger partial charge in [0.2, 0.25) is 17.7 Å². The van der Waals surface area contributed by atoms with Crippen LogP contribution in [0.2, 0.25) is 0 Å². The lowest BCUT2D eigenvalue weighted by molar-refractivity contribution is -0.142. The van der Waals surface area contributed by atoms with Crippen molar-refractivity contribution < 1.29 is 14.4 Å². The van der Waals surface area contributed by atoms with Gasteiger partial charge < -0.3 is 15.5 Å². The van der Waals surface area contributed by atoms with Gasteiger partial charge in [0, 0.05) is 29.5 Å². The molecule has 164 valence electrons. The average molecular weight is 486 g/mol. The third-order valence-electron chi connectivity index (χ3n) is 5.34.